The van der Waals surface area contributed by atoms with Gasteiger partial charge in [-0.15, -0.1) is 0 Å². The van der Waals surface area contributed by atoms with Crippen molar-refractivity contribution < 1.29 is 13.2 Å². The van der Waals surface area contributed by atoms with Crippen molar-refractivity contribution in [3.8, 4) is 0 Å². The van der Waals surface area contributed by atoms with Crippen molar-refractivity contribution in [1.82, 2.24) is 4.90 Å². The fraction of sp³-hybridized carbons (Fsp3) is 0.562. The van der Waals surface area contributed by atoms with Crippen LogP contribution in [0.5, 0.6) is 0 Å². The van der Waals surface area contributed by atoms with E-state index in [4.69, 9.17) is 11.6 Å². The summed E-state index contributed by atoms with van der Waals surface area (Å²) in [5.74, 6) is 0.0467. The Kier molecular flexibility index (Phi) is 5.50. The molecule has 1 amide bonds. The zero-order valence-corrected chi connectivity index (χ0v) is 14.5. The van der Waals surface area contributed by atoms with Crippen LogP contribution >= 0.6 is 11.6 Å². The summed E-state index contributed by atoms with van der Waals surface area (Å²) in [4.78, 5) is 14.3. The molecule has 0 saturated heterocycles. The van der Waals surface area contributed by atoms with Crippen molar-refractivity contribution in [2.45, 2.75) is 44.7 Å². The monoisotopic (exact) mass is 343 g/mol. The molecule has 0 spiro atoms. The standard InChI is InChI=1S/C16H22ClNO3S/c1-12(11-22(2,20)21)18(15-7-8-15)16(19)9-6-13-4-3-5-14(17)10-13/h3-5,10,12,15H,6-9,11H2,1-2H3/t12-/m1/s1. The van der Waals surface area contributed by atoms with E-state index >= 15 is 0 Å². The number of aryl methyl sites for hydroxylation is 1. The number of hydrogen-bond acceptors (Lipinski definition) is 3. The first-order valence-electron chi connectivity index (χ1n) is 7.49. The second-order valence-electron chi connectivity index (χ2n) is 6.10. The van der Waals surface area contributed by atoms with Gasteiger partial charge in [0.25, 0.3) is 0 Å². The molecule has 1 aromatic carbocycles. The van der Waals surface area contributed by atoms with Crippen molar-refractivity contribution in [2.24, 2.45) is 0 Å². The van der Waals surface area contributed by atoms with E-state index in [1.54, 1.807) is 11.0 Å². The summed E-state index contributed by atoms with van der Waals surface area (Å²) in [6, 6.07) is 7.42. The van der Waals surface area contributed by atoms with Gasteiger partial charge >= 0.3 is 0 Å². The van der Waals surface area contributed by atoms with Crippen LogP contribution in [-0.2, 0) is 21.1 Å². The summed E-state index contributed by atoms with van der Waals surface area (Å²) in [5, 5.41) is 0.662. The SMILES string of the molecule is C[C@H](CS(C)(=O)=O)N(C(=O)CCc1cccc(Cl)c1)C1CC1. The minimum Gasteiger partial charge on any atom is -0.336 e. The molecule has 1 fully saturated rings. The molecule has 0 heterocycles. The van der Waals surface area contributed by atoms with Gasteiger partial charge in [-0.05, 0) is 43.9 Å². The molecule has 1 aromatic rings. The number of benzene rings is 1. The Morgan fingerprint density at radius 1 is 1.41 bits per heavy atom. The average Bonchev–Trinajstić information content (AvgIpc) is 3.19. The van der Waals surface area contributed by atoms with Crippen LogP contribution in [0.15, 0.2) is 24.3 Å². The van der Waals surface area contributed by atoms with Crippen molar-refractivity contribution in [3.05, 3.63) is 34.9 Å². The lowest BCUT2D eigenvalue weighted by molar-refractivity contribution is -0.133. The van der Waals surface area contributed by atoms with Crippen LogP contribution in [-0.4, -0.2) is 43.3 Å². The first-order chi connectivity index (χ1) is 10.3. The molecular weight excluding hydrogens is 322 g/mol. The maximum atomic E-state index is 12.5. The summed E-state index contributed by atoms with van der Waals surface area (Å²) in [7, 11) is -3.09. The minimum absolute atomic E-state index is 0.0202. The molecule has 0 radical (unpaired) electrons. The van der Waals surface area contributed by atoms with Gasteiger partial charge in [0.15, 0.2) is 0 Å². The largest absolute Gasteiger partial charge is 0.336 e. The van der Waals surface area contributed by atoms with Crippen molar-refractivity contribution in [1.29, 1.82) is 0 Å². The Hall–Kier alpha value is -1.07. The quantitative estimate of drug-likeness (QED) is 0.764. The van der Waals surface area contributed by atoms with Gasteiger partial charge in [-0.25, -0.2) is 8.42 Å². The molecule has 6 heteroatoms. The minimum atomic E-state index is -3.09. The third-order valence-corrected chi connectivity index (χ3v) is 5.09. The number of carbonyl (C=O) groups is 1. The molecule has 0 bridgehead atoms. The summed E-state index contributed by atoms with van der Waals surface area (Å²) >= 11 is 5.94. The van der Waals surface area contributed by atoms with E-state index in [1.165, 1.54) is 6.26 Å². The number of amides is 1. The third kappa shape index (κ3) is 5.29. The molecule has 2 rings (SSSR count). The number of rotatable bonds is 7. The molecule has 4 nitrogen and oxygen atoms in total. The number of hydrogen-bond donors (Lipinski definition) is 0. The normalized spacial score (nSPS) is 16.3. The number of carbonyl (C=O) groups excluding carboxylic acids is 1. The van der Waals surface area contributed by atoms with Gasteiger partial charge in [0.1, 0.15) is 9.84 Å². The van der Waals surface area contributed by atoms with Crippen LogP contribution in [0.4, 0.5) is 0 Å². The molecule has 22 heavy (non-hydrogen) atoms. The third-order valence-electron chi connectivity index (χ3n) is 3.76. The highest BCUT2D eigenvalue weighted by molar-refractivity contribution is 7.90. The zero-order chi connectivity index (χ0) is 16.3. The molecule has 1 saturated carbocycles. The molecule has 0 N–H and O–H groups in total. The highest BCUT2D eigenvalue weighted by atomic mass is 35.5. The van der Waals surface area contributed by atoms with E-state index in [0.717, 1.165) is 18.4 Å². The van der Waals surface area contributed by atoms with Crippen LogP contribution < -0.4 is 0 Å². The van der Waals surface area contributed by atoms with Gasteiger partial charge in [-0.1, -0.05) is 23.7 Å². The van der Waals surface area contributed by atoms with E-state index in [-0.39, 0.29) is 23.7 Å². The summed E-state index contributed by atoms with van der Waals surface area (Å²) in [6.07, 6.45) is 4.15. The van der Waals surface area contributed by atoms with Gasteiger partial charge in [0, 0.05) is 29.8 Å². The smallest absolute Gasteiger partial charge is 0.223 e. The van der Waals surface area contributed by atoms with Crippen LogP contribution in [0.2, 0.25) is 5.02 Å². The summed E-state index contributed by atoms with van der Waals surface area (Å²) in [5.41, 5.74) is 1.02. The van der Waals surface area contributed by atoms with E-state index in [2.05, 4.69) is 0 Å². The number of sulfone groups is 1. The maximum Gasteiger partial charge on any atom is 0.223 e. The van der Waals surface area contributed by atoms with E-state index in [9.17, 15) is 13.2 Å². The van der Waals surface area contributed by atoms with Crippen molar-refractivity contribution in [3.63, 3.8) is 0 Å². The van der Waals surface area contributed by atoms with Gasteiger partial charge in [0.05, 0.1) is 5.75 Å². The topological polar surface area (TPSA) is 54.5 Å². The Morgan fingerprint density at radius 2 is 2.09 bits per heavy atom. The molecule has 0 unspecified atom stereocenters. The second-order valence-corrected chi connectivity index (χ2v) is 8.72. The van der Waals surface area contributed by atoms with Crippen LogP contribution in [0.3, 0.4) is 0 Å². The summed E-state index contributed by atoms with van der Waals surface area (Å²) in [6.45, 7) is 1.82. The lowest BCUT2D eigenvalue weighted by Gasteiger charge is -2.29. The lowest BCUT2D eigenvalue weighted by atomic mass is 10.1. The zero-order valence-electron chi connectivity index (χ0n) is 13.0. The first kappa shape index (κ1) is 17.3. The highest BCUT2D eigenvalue weighted by Crippen LogP contribution is 2.30. The maximum absolute atomic E-state index is 12.5. The first-order valence-corrected chi connectivity index (χ1v) is 9.93. The molecule has 122 valence electrons. The van der Waals surface area contributed by atoms with Crippen molar-refractivity contribution in [2.75, 3.05) is 12.0 Å². The second kappa shape index (κ2) is 7.01. The fourth-order valence-corrected chi connectivity index (χ4v) is 4.00. The Balaban J connectivity index is 1.98. The fourth-order valence-electron chi connectivity index (χ4n) is 2.75. The number of halogens is 1. The highest BCUT2D eigenvalue weighted by Gasteiger charge is 2.36. The molecule has 1 atom stereocenters. The number of nitrogens with zero attached hydrogens (tertiary/aromatic N) is 1. The summed E-state index contributed by atoms with van der Waals surface area (Å²) < 4.78 is 23.0. The Bertz CT molecular complexity index is 641. The van der Waals surface area contributed by atoms with Gasteiger partial charge in [0.2, 0.25) is 5.91 Å². The molecule has 1 aliphatic carbocycles. The van der Waals surface area contributed by atoms with Gasteiger partial charge in [-0.2, -0.15) is 0 Å². The lowest BCUT2D eigenvalue weighted by Crippen LogP contribution is -2.43. The Labute approximate surface area is 137 Å². The molecular formula is C16H22ClNO3S. The predicted molar refractivity (Wildman–Crippen MR) is 88.8 cm³/mol. The van der Waals surface area contributed by atoms with Crippen LogP contribution in [0.25, 0.3) is 0 Å². The van der Waals surface area contributed by atoms with E-state index in [0.29, 0.717) is 17.9 Å². The van der Waals surface area contributed by atoms with Crippen LogP contribution in [0, 0.1) is 0 Å². The van der Waals surface area contributed by atoms with Crippen molar-refractivity contribution >= 4 is 27.3 Å². The Morgan fingerprint density at radius 3 is 2.64 bits per heavy atom. The average molecular weight is 344 g/mol. The molecule has 0 aromatic heterocycles. The molecule has 0 aliphatic heterocycles. The van der Waals surface area contributed by atoms with E-state index < -0.39 is 9.84 Å². The predicted octanol–water partition coefficient (Wildman–Crippen LogP) is 2.70. The molecule has 1 aliphatic rings. The van der Waals surface area contributed by atoms with Crippen LogP contribution in [0.1, 0.15) is 31.7 Å². The van der Waals surface area contributed by atoms with E-state index in [1.807, 2.05) is 25.1 Å². The van der Waals surface area contributed by atoms with Gasteiger partial charge < -0.3 is 4.90 Å². The van der Waals surface area contributed by atoms with Gasteiger partial charge in [-0.3, -0.25) is 4.79 Å².